The Bertz CT molecular complexity index is 1610. The number of hydrogen-bond acceptors (Lipinski definition) is 6. The van der Waals surface area contributed by atoms with Crippen molar-refractivity contribution in [1.82, 2.24) is 14.8 Å². The fourth-order valence-electron chi connectivity index (χ4n) is 6.19. The number of pyridine rings is 1. The molecule has 8 nitrogen and oxygen atoms in total. The van der Waals surface area contributed by atoms with Gasteiger partial charge in [0.05, 0.1) is 25.2 Å². The highest BCUT2D eigenvalue weighted by molar-refractivity contribution is 5.88. The first-order chi connectivity index (χ1) is 21.5. The average molecular weight is 594 g/mol. The number of aryl methyl sites for hydroxylation is 2. The van der Waals surface area contributed by atoms with Crippen molar-refractivity contribution in [2.75, 3.05) is 39.5 Å². The lowest BCUT2D eigenvalue weighted by Crippen LogP contribution is -2.62. The van der Waals surface area contributed by atoms with Gasteiger partial charge in [-0.3, -0.25) is 14.6 Å². The van der Waals surface area contributed by atoms with Gasteiger partial charge < -0.3 is 24.0 Å². The topological polar surface area (TPSA) is 81.2 Å². The van der Waals surface area contributed by atoms with Gasteiger partial charge in [-0.2, -0.15) is 0 Å². The van der Waals surface area contributed by atoms with Crippen LogP contribution in [-0.2, 0) is 27.3 Å². The molecule has 1 aromatic heterocycles. The molecule has 0 N–H and O–H groups in total. The maximum absolute atomic E-state index is 14.5. The molecule has 1 saturated heterocycles. The number of para-hydroxylation sites is 2. The molecule has 3 aromatic carbocycles. The number of benzene rings is 3. The van der Waals surface area contributed by atoms with Crippen molar-refractivity contribution in [2.24, 2.45) is 0 Å². The Morgan fingerprint density at radius 2 is 1.75 bits per heavy atom. The van der Waals surface area contributed by atoms with E-state index in [1.807, 2.05) is 90.7 Å². The Morgan fingerprint density at radius 1 is 0.955 bits per heavy atom. The first-order valence-electron chi connectivity index (χ1n) is 15.5. The Kier molecular flexibility index (Phi) is 9.07. The molecule has 1 atom stereocenters. The van der Waals surface area contributed by atoms with E-state index >= 15 is 0 Å². The largest absolute Gasteiger partial charge is 0.491 e. The van der Waals surface area contributed by atoms with Gasteiger partial charge in [-0.05, 0) is 61.9 Å². The van der Waals surface area contributed by atoms with Crippen molar-refractivity contribution in [1.29, 1.82) is 0 Å². The van der Waals surface area contributed by atoms with Crippen molar-refractivity contribution in [3.8, 4) is 11.5 Å². The number of fused-ring (bicyclic) bond motifs is 2. The lowest BCUT2D eigenvalue weighted by molar-refractivity contribution is -0.177. The zero-order valence-corrected chi connectivity index (χ0v) is 25.2. The van der Waals surface area contributed by atoms with Crippen LogP contribution in [0.2, 0.25) is 0 Å². The normalized spacial score (nSPS) is 19.5. The van der Waals surface area contributed by atoms with Gasteiger partial charge in [-0.1, -0.05) is 60.7 Å². The van der Waals surface area contributed by atoms with Crippen LogP contribution in [0.1, 0.15) is 36.1 Å². The monoisotopic (exact) mass is 593 g/mol. The standard InChI is InChI=1S/C36H39N3O5/c1-27-23-33(30-15-6-7-16-31(30)37-27)43-25-34(40)39-20-22-44-36(26-39)18-10-9-14-29-13-5-8-17-32(29)42-21-19-38(35(36)41)24-28-11-3-2-4-12-28/h2-8,11-13,15-17,23H,9-10,14,18-22,24-26H2,1H3. The second-order valence-corrected chi connectivity index (χ2v) is 11.6. The van der Waals surface area contributed by atoms with Gasteiger partial charge in [0.2, 0.25) is 0 Å². The van der Waals surface area contributed by atoms with Gasteiger partial charge in [0.15, 0.2) is 12.2 Å². The summed E-state index contributed by atoms with van der Waals surface area (Å²) in [5.41, 5.74) is 2.70. The van der Waals surface area contributed by atoms with Crippen molar-refractivity contribution >= 4 is 22.7 Å². The number of aromatic nitrogens is 1. The van der Waals surface area contributed by atoms with E-state index in [0.29, 0.717) is 38.4 Å². The fraction of sp³-hybridized carbons (Fsp3) is 0.361. The number of morpholine rings is 1. The third-order valence-electron chi connectivity index (χ3n) is 8.46. The molecular weight excluding hydrogens is 554 g/mol. The molecule has 0 bridgehead atoms. The lowest BCUT2D eigenvalue weighted by atomic mass is 9.90. The molecule has 1 fully saturated rings. The number of rotatable bonds is 5. The number of hydrogen-bond donors (Lipinski definition) is 0. The van der Waals surface area contributed by atoms with Crippen molar-refractivity contribution in [3.63, 3.8) is 0 Å². The summed E-state index contributed by atoms with van der Waals surface area (Å²) in [7, 11) is 0. The van der Waals surface area contributed by atoms with E-state index in [1.165, 1.54) is 5.56 Å². The van der Waals surface area contributed by atoms with Crippen LogP contribution >= 0.6 is 0 Å². The summed E-state index contributed by atoms with van der Waals surface area (Å²) in [5, 5.41) is 0.860. The van der Waals surface area contributed by atoms with Crippen LogP contribution in [0, 0.1) is 6.92 Å². The Labute approximate surface area is 258 Å². The second-order valence-electron chi connectivity index (χ2n) is 11.6. The van der Waals surface area contributed by atoms with E-state index in [1.54, 1.807) is 4.90 Å². The first kappa shape index (κ1) is 29.6. The minimum Gasteiger partial charge on any atom is -0.491 e. The zero-order chi connectivity index (χ0) is 30.4. The Balaban J connectivity index is 1.22. The van der Waals surface area contributed by atoms with Crippen LogP contribution in [0.25, 0.3) is 10.9 Å². The molecule has 44 heavy (non-hydrogen) atoms. The lowest BCUT2D eigenvalue weighted by Gasteiger charge is -2.44. The van der Waals surface area contributed by atoms with E-state index in [4.69, 9.17) is 14.2 Å². The van der Waals surface area contributed by atoms with Gasteiger partial charge >= 0.3 is 0 Å². The molecule has 0 saturated carbocycles. The van der Waals surface area contributed by atoms with Crippen molar-refractivity contribution in [2.45, 2.75) is 44.8 Å². The number of ether oxygens (including phenoxy) is 3. The smallest absolute Gasteiger partial charge is 0.260 e. The van der Waals surface area contributed by atoms with Crippen LogP contribution in [0.4, 0.5) is 0 Å². The molecular formula is C36H39N3O5. The predicted molar refractivity (Wildman–Crippen MR) is 169 cm³/mol. The van der Waals surface area contributed by atoms with Gasteiger partial charge in [0, 0.05) is 30.2 Å². The minimum atomic E-state index is -1.14. The SMILES string of the molecule is Cc1cc(OCC(=O)N2CCOC3(CCCCc4ccccc4OCCN(Cc4ccccc4)C3=O)C2)c2ccccc2n1. The third-order valence-corrected chi connectivity index (χ3v) is 8.46. The number of carbonyl (C=O) groups is 2. The number of nitrogens with zero attached hydrogens (tertiary/aromatic N) is 3. The minimum absolute atomic E-state index is 0.104. The number of carbonyl (C=O) groups excluding carboxylic acids is 2. The molecule has 3 heterocycles. The maximum atomic E-state index is 14.5. The highest BCUT2D eigenvalue weighted by Gasteiger charge is 2.46. The molecule has 1 unspecified atom stereocenters. The van der Waals surface area contributed by atoms with E-state index in [2.05, 4.69) is 11.1 Å². The van der Waals surface area contributed by atoms with Crippen molar-refractivity contribution < 1.29 is 23.8 Å². The molecule has 0 radical (unpaired) electrons. The molecule has 0 aliphatic carbocycles. The van der Waals surface area contributed by atoms with Gasteiger partial charge in [-0.15, -0.1) is 0 Å². The molecule has 2 aliphatic rings. The maximum Gasteiger partial charge on any atom is 0.260 e. The van der Waals surface area contributed by atoms with E-state index in [-0.39, 0.29) is 31.6 Å². The highest BCUT2D eigenvalue weighted by atomic mass is 16.5. The summed E-state index contributed by atoms with van der Waals surface area (Å²) in [6.45, 7) is 3.85. The summed E-state index contributed by atoms with van der Waals surface area (Å²) >= 11 is 0. The first-order valence-corrected chi connectivity index (χ1v) is 15.5. The molecule has 8 heteroatoms. The molecule has 1 spiro atoms. The van der Waals surface area contributed by atoms with E-state index in [9.17, 15) is 9.59 Å². The summed E-state index contributed by atoms with van der Waals surface area (Å²) in [6.07, 6.45) is 3.03. The predicted octanol–water partition coefficient (Wildman–Crippen LogP) is 5.35. The quantitative estimate of drug-likeness (QED) is 0.310. The van der Waals surface area contributed by atoms with Crippen LogP contribution in [0.15, 0.2) is 84.9 Å². The van der Waals surface area contributed by atoms with Crippen LogP contribution in [0.3, 0.4) is 0 Å². The van der Waals surface area contributed by atoms with E-state index < -0.39 is 5.60 Å². The summed E-state index contributed by atoms with van der Waals surface area (Å²) < 4.78 is 18.7. The molecule has 4 aromatic rings. The molecule has 2 amide bonds. The van der Waals surface area contributed by atoms with Crippen molar-refractivity contribution in [3.05, 3.63) is 102 Å². The average Bonchev–Trinajstić information content (AvgIpc) is 3.05. The van der Waals surface area contributed by atoms with Crippen LogP contribution < -0.4 is 9.47 Å². The van der Waals surface area contributed by atoms with Gasteiger partial charge in [0.1, 0.15) is 18.1 Å². The highest BCUT2D eigenvalue weighted by Crippen LogP contribution is 2.31. The Morgan fingerprint density at radius 3 is 2.64 bits per heavy atom. The zero-order valence-electron chi connectivity index (χ0n) is 25.2. The molecule has 2 aliphatic heterocycles. The van der Waals surface area contributed by atoms with E-state index in [0.717, 1.165) is 47.2 Å². The fourth-order valence-corrected chi connectivity index (χ4v) is 6.19. The molecule has 228 valence electrons. The third kappa shape index (κ3) is 6.70. The summed E-state index contributed by atoms with van der Waals surface area (Å²) in [6, 6.07) is 27.7. The second kappa shape index (κ2) is 13.5. The van der Waals surface area contributed by atoms with Gasteiger partial charge in [-0.25, -0.2) is 0 Å². The Hall–Kier alpha value is -4.43. The van der Waals surface area contributed by atoms with Gasteiger partial charge in [0.25, 0.3) is 11.8 Å². The molecule has 6 rings (SSSR count). The van der Waals surface area contributed by atoms with Crippen LogP contribution in [-0.4, -0.2) is 71.7 Å². The summed E-state index contributed by atoms with van der Waals surface area (Å²) in [4.78, 5) is 36.2. The summed E-state index contributed by atoms with van der Waals surface area (Å²) in [5.74, 6) is 1.23. The number of amides is 2. The van der Waals surface area contributed by atoms with Crippen LogP contribution in [0.5, 0.6) is 11.5 Å².